The summed E-state index contributed by atoms with van der Waals surface area (Å²) >= 11 is 0. The second-order valence-electron chi connectivity index (χ2n) is 6.06. The number of hydrogen-bond donors (Lipinski definition) is 2. The van der Waals surface area contributed by atoms with Crippen molar-refractivity contribution in [3.63, 3.8) is 0 Å². The number of hydrogen-bond acceptors (Lipinski definition) is 3. The summed E-state index contributed by atoms with van der Waals surface area (Å²) in [6.45, 7) is 0. The van der Waals surface area contributed by atoms with Gasteiger partial charge in [0.2, 0.25) is 0 Å². The molecule has 2 aromatic carbocycles. The Bertz CT molecular complexity index is 680. The van der Waals surface area contributed by atoms with Gasteiger partial charge in [0, 0.05) is 11.5 Å². The van der Waals surface area contributed by atoms with Crippen LogP contribution in [0.3, 0.4) is 0 Å². The van der Waals surface area contributed by atoms with Gasteiger partial charge in [0.25, 0.3) is 0 Å². The number of ether oxygens (including phenoxy) is 1. The van der Waals surface area contributed by atoms with E-state index in [9.17, 15) is 10.2 Å². The molecule has 2 N–H and O–H groups in total. The van der Waals surface area contributed by atoms with Crippen molar-refractivity contribution in [2.45, 2.75) is 31.3 Å². The largest absolute Gasteiger partial charge is 0.508 e. The number of rotatable bonds is 1. The van der Waals surface area contributed by atoms with Gasteiger partial charge in [0.15, 0.2) is 0 Å². The third-order valence-electron chi connectivity index (χ3n) is 4.80. The number of benzene rings is 2. The first-order valence-corrected chi connectivity index (χ1v) is 7.51. The van der Waals surface area contributed by atoms with Crippen LogP contribution >= 0.6 is 0 Å². The van der Waals surface area contributed by atoms with Crippen molar-refractivity contribution in [2.75, 3.05) is 0 Å². The number of aromatic hydroxyl groups is 2. The summed E-state index contributed by atoms with van der Waals surface area (Å²) in [4.78, 5) is 0. The van der Waals surface area contributed by atoms with Crippen LogP contribution in [-0.2, 0) is 0 Å². The molecule has 0 unspecified atom stereocenters. The SMILES string of the molecule is Oc1cccc([C@@H]2Oc3ccc(O)cc3[C@@H]3CCC[C@@H]32)c1. The zero-order valence-corrected chi connectivity index (χ0v) is 11.7. The van der Waals surface area contributed by atoms with Crippen molar-refractivity contribution >= 4 is 0 Å². The number of phenols is 2. The van der Waals surface area contributed by atoms with Gasteiger partial charge in [-0.3, -0.25) is 0 Å². The highest BCUT2D eigenvalue weighted by molar-refractivity contribution is 5.45. The van der Waals surface area contributed by atoms with Crippen LogP contribution in [0.4, 0.5) is 0 Å². The fourth-order valence-corrected chi connectivity index (χ4v) is 3.91. The molecule has 108 valence electrons. The predicted octanol–water partition coefficient (Wildman–Crippen LogP) is 4.12. The topological polar surface area (TPSA) is 49.7 Å². The normalized spacial score (nSPS) is 26.8. The van der Waals surface area contributed by atoms with E-state index in [1.807, 2.05) is 24.3 Å². The van der Waals surface area contributed by atoms with E-state index in [1.165, 1.54) is 6.42 Å². The molecule has 0 bridgehead atoms. The average molecular weight is 282 g/mol. The molecule has 1 aliphatic carbocycles. The minimum absolute atomic E-state index is 0.0124. The summed E-state index contributed by atoms with van der Waals surface area (Å²) in [6.07, 6.45) is 3.44. The van der Waals surface area contributed by atoms with E-state index in [0.29, 0.717) is 17.6 Å². The predicted molar refractivity (Wildman–Crippen MR) is 79.7 cm³/mol. The molecule has 0 spiro atoms. The van der Waals surface area contributed by atoms with Crippen LogP contribution in [0.5, 0.6) is 17.2 Å². The van der Waals surface area contributed by atoms with E-state index >= 15 is 0 Å². The van der Waals surface area contributed by atoms with E-state index in [2.05, 4.69) is 0 Å². The van der Waals surface area contributed by atoms with Crippen LogP contribution in [0.1, 0.15) is 42.4 Å². The highest BCUT2D eigenvalue weighted by atomic mass is 16.5. The molecule has 1 aliphatic heterocycles. The van der Waals surface area contributed by atoms with Crippen molar-refractivity contribution in [3.05, 3.63) is 53.6 Å². The Hall–Kier alpha value is -2.16. The summed E-state index contributed by atoms with van der Waals surface area (Å²) in [5, 5.41) is 19.5. The zero-order chi connectivity index (χ0) is 14.4. The van der Waals surface area contributed by atoms with Gasteiger partial charge >= 0.3 is 0 Å². The first-order chi connectivity index (χ1) is 10.2. The Labute approximate surface area is 123 Å². The summed E-state index contributed by atoms with van der Waals surface area (Å²) < 4.78 is 6.22. The van der Waals surface area contributed by atoms with Crippen LogP contribution < -0.4 is 4.74 Å². The Morgan fingerprint density at radius 1 is 0.952 bits per heavy atom. The third kappa shape index (κ3) is 2.04. The van der Waals surface area contributed by atoms with E-state index < -0.39 is 0 Å². The minimum Gasteiger partial charge on any atom is -0.508 e. The Morgan fingerprint density at radius 3 is 2.67 bits per heavy atom. The fraction of sp³-hybridized carbons (Fsp3) is 0.333. The van der Waals surface area contributed by atoms with Gasteiger partial charge in [-0.2, -0.15) is 0 Å². The first-order valence-electron chi connectivity index (χ1n) is 7.51. The van der Waals surface area contributed by atoms with Gasteiger partial charge in [-0.15, -0.1) is 0 Å². The maximum atomic E-state index is 9.74. The van der Waals surface area contributed by atoms with E-state index in [4.69, 9.17) is 4.74 Å². The van der Waals surface area contributed by atoms with Crippen molar-refractivity contribution < 1.29 is 14.9 Å². The van der Waals surface area contributed by atoms with Crippen molar-refractivity contribution in [1.82, 2.24) is 0 Å². The van der Waals surface area contributed by atoms with Crippen LogP contribution in [0.2, 0.25) is 0 Å². The fourth-order valence-electron chi connectivity index (χ4n) is 3.91. The maximum absolute atomic E-state index is 9.74. The summed E-state index contributed by atoms with van der Waals surface area (Å²) in [7, 11) is 0. The van der Waals surface area contributed by atoms with Crippen LogP contribution in [0.15, 0.2) is 42.5 Å². The molecule has 21 heavy (non-hydrogen) atoms. The highest BCUT2D eigenvalue weighted by Crippen LogP contribution is 2.54. The second-order valence-corrected chi connectivity index (χ2v) is 6.06. The van der Waals surface area contributed by atoms with Crippen LogP contribution in [0, 0.1) is 5.92 Å². The lowest BCUT2D eigenvalue weighted by molar-refractivity contribution is 0.104. The Morgan fingerprint density at radius 2 is 1.81 bits per heavy atom. The molecule has 4 rings (SSSR count). The number of phenolic OH excluding ortho intramolecular Hbond substituents is 2. The van der Waals surface area contributed by atoms with Gasteiger partial charge in [0.05, 0.1) is 0 Å². The lowest BCUT2D eigenvalue weighted by Gasteiger charge is -2.36. The molecule has 2 aliphatic rings. The van der Waals surface area contributed by atoms with E-state index in [0.717, 1.165) is 29.7 Å². The summed E-state index contributed by atoms with van der Waals surface area (Å²) in [6, 6.07) is 12.7. The molecule has 1 fully saturated rings. The molecule has 1 saturated carbocycles. The lowest BCUT2D eigenvalue weighted by Crippen LogP contribution is -2.26. The minimum atomic E-state index is -0.0124. The van der Waals surface area contributed by atoms with Gasteiger partial charge < -0.3 is 14.9 Å². The summed E-state index contributed by atoms with van der Waals surface area (Å²) in [5.41, 5.74) is 2.17. The quantitative estimate of drug-likeness (QED) is 0.827. The van der Waals surface area contributed by atoms with Gasteiger partial charge in [-0.25, -0.2) is 0 Å². The molecule has 3 nitrogen and oxygen atoms in total. The van der Waals surface area contributed by atoms with Gasteiger partial charge in [-0.05, 0) is 54.7 Å². The van der Waals surface area contributed by atoms with Gasteiger partial charge in [0.1, 0.15) is 23.4 Å². The van der Waals surface area contributed by atoms with Crippen molar-refractivity contribution in [3.8, 4) is 17.2 Å². The number of fused-ring (bicyclic) bond motifs is 3. The van der Waals surface area contributed by atoms with Crippen molar-refractivity contribution in [2.24, 2.45) is 5.92 Å². The van der Waals surface area contributed by atoms with Crippen LogP contribution in [0.25, 0.3) is 0 Å². The first kappa shape index (κ1) is 12.6. The standard InChI is InChI=1S/C18H18O3/c19-12-4-1-3-11(9-12)18-15-6-2-5-14(15)16-10-13(20)7-8-17(16)21-18/h1,3-4,7-10,14-15,18-20H,2,5-6H2/t14-,15+,18+/m1/s1. The lowest BCUT2D eigenvalue weighted by atomic mass is 9.80. The molecule has 1 heterocycles. The van der Waals surface area contributed by atoms with Crippen molar-refractivity contribution in [1.29, 1.82) is 0 Å². The van der Waals surface area contributed by atoms with E-state index in [-0.39, 0.29) is 11.9 Å². The summed E-state index contributed by atoms with van der Waals surface area (Å²) in [5.74, 6) is 2.31. The van der Waals surface area contributed by atoms with Gasteiger partial charge in [-0.1, -0.05) is 18.6 Å². The Balaban J connectivity index is 1.79. The van der Waals surface area contributed by atoms with Crippen LogP contribution in [-0.4, -0.2) is 10.2 Å². The molecule has 0 radical (unpaired) electrons. The molecule has 0 saturated heterocycles. The molecule has 2 aromatic rings. The second kappa shape index (κ2) is 4.69. The molecule has 0 aromatic heterocycles. The molecular formula is C18H18O3. The average Bonchev–Trinajstić information content (AvgIpc) is 2.96. The van der Waals surface area contributed by atoms with E-state index in [1.54, 1.807) is 18.2 Å². The monoisotopic (exact) mass is 282 g/mol. The molecule has 3 heteroatoms. The highest BCUT2D eigenvalue weighted by Gasteiger charge is 2.42. The zero-order valence-electron chi connectivity index (χ0n) is 11.7. The molecular weight excluding hydrogens is 264 g/mol. The molecule has 0 amide bonds. The molecule has 3 atom stereocenters. The smallest absolute Gasteiger partial charge is 0.127 e. The Kier molecular flexibility index (Phi) is 2.81. The third-order valence-corrected chi connectivity index (χ3v) is 4.80. The maximum Gasteiger partial charge on any atom is 0.127 e.